The van der Waals surface area contributed by atoms with Crippen molar-refractivity contribution < 1.29 is 4.74 Å². The quantitative estimate of drug-likeness (QED) is 0.381. The first-order valence-electron chi connectivity index (χ1n) is 9.69. The lowest BCUT2D eigenvalue weighted by atomic mass is 10.1. The van der Waals surface area contributed by atoms with Crippen LogP contribution in [0, 0.1) is 0 Å². The van der Waals surface area contributed by atoms with Crippen LogP contribution >= 0.6 is 31.9 Å². The highest BCUT2D eigenvalue weighted by Crippen LogP contribution is 2.31. The van der Waals surface area contributed by atoms with Gasteiger partial charge in [-0.05, 0) is 65.2 Å². The van der Waals surface area contributed by atoms with Gasteiger partial charge in [0.2, 0.25) is 0 Å². The fourth-order valence-electron chi connectivity index (χ4n) is 3.76. The van der Waals surface area contributed by atoms with Gasteiger partial charge >= 0.3 is 0 Å². The van der Waals surface area contributed by atoms with E-state index >= 15 is 0 Å². The number of tetrazole rings is 1. The number of hydrogen-bond donors (Lipinski definition) is 2. The van der Waals surface area contributed by atoms with Crippen LogP contribution in [-0.4, -0.2) is 42.9 Å². The Kier molecular flexibility index (Phi) is 5.53. The van der Waals surface area contributed by atoms with Crippen molar-refractivity contribution in [3.8, 4) is 0 Å². The van der Waals surface area contributed by atoms with Crippen molar-refractivity contribution in [1.82, 2.24) is 30.2 Å². The van der Waals surface area contributed by atoms with Crippen molar-refractivity contribution in [2.75, 3.05) is 11.9 Å². The lowest BCUT2D eigenvalue weighted by molar-refractivity contribution is 0.0925. The van der Waals surface area contributed by atoms with Gasteiger partial charge in [0.15, 0.2) is 5.82 Å². The van der Waals surface area contributed by atoms with Gasteiger partial charge in [0, 0.05) is 21.2 Å². The fourth-order valence-corrected chi connectivity index (χ4v) is 5.09. The third kappa shape index (κ3) is 4.12. The van der Waals surface area contributed by atoms with Gasteiger partial charge in [0.25, 0.3) is 0 Å². The van der Waals surface area contributed by atoms with E-state index < -0.39 is 0 Å². The van der Waals surface area contributed by atoms with Gasteiger partial charge in [-0.3, -0.25) is 0 Å². The maximum atomic E-state index is 5.80. The van der Waals surface area contributed by atoms with Crippen molar-refractivity contribution in [3.05, 3.63) is 63.1 Å². The third-order valence-electron chi connectivity index (χ3n) is 5.17. The molecule has 2 aromatic heterocycles. The number of imidazole rings is 1. The molecule has 1 aliphatic rings. The van der Waals surface area contributed by atoms with Crippen LogP contribution in [0.3, 0.4) is 0 Å². The van der Waals surface area contributed by atoms with Gasteiger partial charge in [-0.25, -0.2) is 9.67 Å². The highest BCUT2D eigenvalue weighted by molar-refractivity contribution is 9.11. The normalized spacial score (nSPS) is 17.5. The molecule has 2 atom stereocenters. The molecule has 8 nitrogen and oxygen atoms in total. The van der Waals surface area contributed by atoms with E-state index in [2.05, 4.69) is 74.8 Å². The molecule has 2 N–H and O–H groups in total. The summed E-state index contributed by atoms with van der Waals surface area (Å²) in [6, 6.07) is 11.9. The van der Waals surface area contributed by atoms with Gasteiger partial charge in [-0.2, -0.15) is 0 Å². The molecule has 0 aliphatic carbocycles. The first-order chi connectivity index (χ1) is 14.7. The van der Waals surface area contributed by atoms with Crippen molar-refractivity contribution in [3.63, 3.8) is 0 Å². The van der Waals surface area contributed by atoms with Crippen LogP contribution in [0.1, 0.15) is 30.3 Å². The number of anilines is 1. The minimum Gasteiger partial charge on any atom is -0.376 e. The van der Waals surface area contributed by atoms with Crippen LogP contribution in [0.2, 0.25) is 0 Å². The predicted octanol–water partition coefficient (Wildman–Crippen LogP) is 4.45. The van der Waals surface area contributed by atoms with Crippen molar-refractivity contribution >= 4 is 48.6 Å². The molecule has 0 radical (unpaired) electrons. The lowest BCUT2D eigenvalue weighted by Crippen LogP contribution is -2.23. The zero-order valence-electron chi connectivity index (χ0n) is 15.9. The topological polar surface area (TPSA) is 93.5 Å². The van der Waals surface area contributed by atoms with E-state index in [0.29, 0.717) is 6.54 Å². The molecule has 0 bridgehead atoms. The molecule has 5 rings (SSSR count). The minimum atomic E-state index is -0.258. The van der Waals surface area contributed by atoms with Crippen molar-refractivity contribution in [2.24, 2.45) is 0 Å². The maximum Gasteiger partial charge on any atom is 0.178 e. The van der Waals surface area contributed by atoms with Crippen LogP contribution in [0.25, 0.3) is 11.0 Å². The molecule has 3 heterocycles. The number of fused-ring (bicyclic) bond motifs is 1. The molecule has 0 spiro atoms. The molecule has 1 aliphatic heterocycles. The molecular weight excluding hydrogens is 514 g/mol. The number of ether oxygens (including phenoxy) is 1. The molecule has 4 aromatic rings. The van der Waals surface area contributed by atoms with Gasteiger partial charge in [0.1, 0.15) is 6.04 Å². The SMILES string of the molecule is Brc1cc(Br)cc(C(Nc2ccc3[nH]cnc3c2)c2nnnn2CC2CCCO2)c1. The van der Waals surface area contributed by atoms with E-state index in [-0.39, 0.29) is 12.1 Å². The molecule has 2 unspecified atom stereocenters. The molecule has 0 saturated carbocycles. The van der Waals surface area contributed by atoms with E-state index in [0.717, 1.165) is 56.5 Å². The van der Waals surface area contributed by atoms with Crippen molar-refractivity contribution in [1.29, 1.82) is 0 Å². The summed E-state index contributed by atoms with van der Waals surface area (Å²) in [7, 11) is 0. The highest BCUT2D eigenvalue weighted by Gasteiger charge is 2.25. The Balaban J connectivity index is 1.53. The Morgan fingerprint density at radius 2 is 2.07 bits per heavy atom. The van der Waals surface area contributed by atoms with Crippen molar-refractivity contribution in [2.45, 2.75) is 31.5 Å². The molecule has 1 saturated heterocycles. The number of hydrogen-bond acceptors (Lipinski definition) is 6. The summed E-state index contributed by atoms with van der Waals surface area (Å²) in [4.78, 5) is 7.49. The summed E-state index contributed by atoms with van der Waals surface area (Å²) in [5.74, 6) is 0.734. The number of rotatable bonds is 6. The molecule has 1 fully saturated rings. The summed E-state index contributed by atoms with van der Waals surface area (Å²) < 4.78 is 9.59. The fraction of sp³-hybridized carbons (Fsp3) is 0.300. The van der Waals surface area contributed by atoms with Gasteiger partial charge in [0.05, 0.1) is 30.0 Å². The smallest absolute Gasteiger partial charge is 0.178 e. The zero-order chi connectivity index (χ0) is 20.5. The summed E-state index contributed by atoms with van der Waals surface area (Å²) >= 11 is 7.19. The lowest BCUT2D eigenvalue weighted by Gasteiger charge is -2.21. The van der Waals surface area contributed by atoms with Gasteiger partial charge in [-0.1, -0.05) is 31.9 Å². The zero-order valence-corrected chi connectivity index (χ0v) is 19.1. The predicted molar refractivity (Wildman–Crippen MR) is 120 cm³/mol. The first kappa shape index (κ1) is 19.7. The van der Waals surface area contributed by atoms with E-state index in [1.807, 2.05) is 28.9 Å². The van der Waals surface area contributed by atoms with E-state index in [1.54, 1.807) is 6.33 Å². The van der Waals surface area contributed by atoms with E-state index in [4.69, 9.17) is 4.74 Å². The molecular formula is C20H19Br2N7O. The van der Waals surface area contributed by atoms with Gasteiger partial charge in [-0.15, -0.1) is 5.10 Å². The van der Waals surface area contributed by atoms with Crippen LogP contribution in [0.5, 0.6) is 0 Å². The molecule has 154 valence electrons. The van der Waals surface area contributed by atoms with Gasteiger partial charge < -0.3 is 15.0 Å². The Morgan fingerprint density at radius 3 is 2.87 bits per heavy atom. The summed E-state index contributed by atoms with van der Waals surface area (Å²) in [5.41, 5.74) is 3.85. The van der Waals surface area contributed by atoms with Crippen LogP contribution in [0.4, 0.5) is 5.69 Å². The molecule has 30 heavy (non-hydrogen) atoms. The molecule has 10 heteroatoms. The van der Waals surface area contributed by atoms with E-state index in [9.17, 15) is 0 Å². The second-order valence-electron chi connectivity index (χ2n) is 7.27. The van der Waals surface area contributed by atoms with Crippen LogP contribution < -0.4 is 5.32 Å². The average Bonchev–Trinajstić information content (AvgIpc) is 3.47. The number of nitrogens with zero attached hydrogens (tertiary/aromatic N) is 5. The second-order valence-corrected chi connectivity index (χ2v) is 9.10. The number of benzene rings is 2. The number of H-pyrrole nitrogens is 1. The average molecular weight is 533 g/mol. The number of aromatic nitrogens is 6. The maximum absolute atomic E-state index is 5.80. The minimum absolute atomic E-state index is 0.141. The summed E-state index contributed by atoms with van der Waals surface area (Å²) in [5, 5.41) is 16.2. The van der Waals surface area contributed by atoms with Crippen LogP contribution in [-0.2, 0) is 11.3 Å². The Labute approximate surface area is 189 Å². The first-order valence-corrected chi connectivity index (χ1v) is 11.3. The standard InChI is InChI=1S/C20H19Br2N7O/c21-13-6-12(7-14(22)8-13)19(25-15-3-4-17-18(9-15)24-11-23-17)20-26-27-28-29(20)10-16-2-1-5-30-16/h3-4,6-9,11,16,19,25H,1-2,5,10H2,(H,23,24). The third-order valence-corrected chi connectivity index (χ3v) is 6.08. The summed E-state index contributed by atoms with van der Waals surface area (Å²) in [6.07, 6.45) is 3.93. The molecule has 2 aromatic carbocycles. The summed E-state index contributed by atoms with van der Waals surface area (Å²) in [6.45, 7) is 1.43. The second kappa shape index (κ2) is 8.44. The van der Waals surface area contributed by atoms with E-state index in [1.165, 1.54) is 0 Å². The number of aromatic amines is 1. The Hall–Kier alpha value is -2.30. The number of halogens is 2. The highest BCUT2D eigenvalue weighted by atomic mass is 79.9. The molecule has 0 amide bonds. The van der Waals surface area contributed by atoms with Crippen LogP contribution in [0.15, 0.2) is 51.7 Å². The Bertz CT molecular complexity index is 1150. The Morgan fingerprint density at radius 1 is 1.20 bits per heavy atom. The largest absolute Gasteiger partial charge is 0.376 e. The number of nitrogens with one attached hydrogen (secondary N) is 2. The monoisotopic (exact) mass is 531 g/mol.